The van der Waals surface area contributed by atoms with Crippen LogP contribution in [0.1, 0.15) is 348 Å². The van der Waals surface area contributed by atoms with Gasteiger partial charge in [-0.05, 0) is 122 Å². The molecule has 1 unspecified atom stereocenters. The Morgan fingerprint density at radius 2 is 0.476 bits per heavy atom. The second-order valence-electron chi connectivity index (χ2n) is 23.4. The fraction of sp³-hybridized carbons (Fsp3) is 0.750. The van der Waals surface area contributed by atoms with Gasteiger partial charge in [0, 0.05) is 19.3 Å². The van der Waals surface area contributed by atoms with Crippen molar-refractivity contribution in [3.63, 3.8) is 0 Å². The first-order valence-corrected chi connectivity index (χ1v) is 35.2. The van der Waals surface area contributed by atoms with E-state index in [1.807, 2.05) is 0 Å². The molecule has 0 amide bonds. The van der Waals surface area contributed by atoms with Crippen LogP contribution in [0.25, 0.3) is 0 Å². The third kappa shape index (κ3) is 67.1. The van der Waals surface area contributed by atoms with Crippen molar-refractivity contribution in [2.75, 3.05) is 13.2 Å². The van der Waals surface area contributed by atoms with Gasteiger partial charge in [0.05, 0.1) is 0 Å². The van der Waals surface area contributed by atoms with Crippen molar-refractivity contribution in [1.29, 1.82) is 0 Å². The molecule has 472 valence electrons. The van der Waals surface area contributed by atoms with Crippen molar-refractivity contribution in [3.05, 3.63) is 97.2 Å². The number of carbonyl (C=O) groups excluding carboxylic acids is 3. The second kappa shape index (κ2) is 69.8. The minimum Gasteiger partial charge on any atom is -0.462 e. The van der Waals surface area contributed by atoms with E-state index in [1.165, 1.54) is 205 Å². The van der Waals surface area contributed by atoms with Crippen LogP contribution in [0, 0.1) is 0 Å². The molecule has 0 aromatic rings. The maximum absolute atomic E-state index is 13.0. The first-order valence-electron chi connectivity index (χ1n) is 35.2. The lowest BCUT2D eigenvalue weighted by Gasteiger charge is -2.18. The molecule has 0 aromatic heterocycles. The fourth-order valence-corrected chi connectivity index (χ4v) is 10.0. The van der Waals surface area contributed by atoms with E-state index in [1.54, 1.807) is 0 Å². The third-order valence-electron chi connectivity index (χ3n) is 15.3. The molecule has 1 atom stereocenters. The summed E-state index contributed by atoms with van der Waals surface area (Å²) in [6, 6.07) is 0. The standard InChI is InChI=1S/C76H132O6/c1-4-7-10-13-16-19-22-25-28-31-34-35-36-37-38-39-40-41-43-45-48-51-54-57-60-63-66-69-75(78)81-72-73(71-80-74(77)68-65-62-59-56-53-50-47-44-33-30-27-24-21-18-15-12-9-6-3)82-76(79)70-67-64-61-58-55-52-49-46-42-32-29-26-23-20-17-14-11-8-5-2/h7,10,16,19,25-26,28-30,33-35,37-38,40-41,73H,4-6,8-9,11-15,17-18,20-24,27,31-32,36,39,42-72H2,1-3H3/b10-7-,19-16-,28-25-,29-26-,33-30-,35-34-,38-37-,41-40-. The zero-order chi connectivity index (χ0) is 59.2. The van der Waals surface area contributed by atoms with Crippen LogP contribution >= 0.6 is 0 Å². The molecular weight excluding hydrogens is 1010 g/mol. The summed E-state index contributed by atoms with van der Waals surface area (Å²) in [4.78, 5) is 38.5. The van der Waals surface area contributed by atoms with Gasteiger partial charge in [-0.2, -0.15) is 0 Å². The molecule has 0 saturated heterocycles. The molecule has 6 nitrogen and oxygen atoms in total. The Morgan fingerprint density at radius 3 is 0.756 bits per heavy atom. The van der Waals surface area contributed by atoms with Crippen LogP contribution in [-0.4, -0.2) is 37.2 Å². The van der Waals surface area contributed by atoms with E-state index >= 15 is 0 Å². The summed E-state index contributed by atoms with van der Waals surface area (Å²) in [5.74, 6) is -0.879. The van der Waals surface area contributed by atoms with Crippen LogP contribution in [0.3, 0.4) is 0 Å². The average molecular weight is 1140 g/mol. The average Bonchev–Trinajstić information content (AvgIpc) is 3.47. The quantitative estimate of drug-likeness (QED) is 0.0261. The summed E-state index contributed by atoms with van der Waals surface area (Å²) >= 11 is 0. The molecule has 0 aliphatic heterocycles. The van der Waals surface area contributed by atoms with Crippen LogP contribution in [0.4, 0.5) is 0 Å². The van der Waals surface area contributed by atoms with Gasteiger partial charge < -0.3 is 14.2 Å². The fourth-order valence-electron chi connectivity index (χ4n) is 10.0. The van der Waals surface area contributed by atoms with Crippen molar-refractivity contribution in [2.24, 2.45) is 0 Å². The zero-order valence-corrected chi connectivity index (χ0v) is 54.2. The molecule has 0 aromatic carbocycles. The molecule has 0 rings (SSSR count). The summed E-state index contributed by atoms with van der Waals surface area (Å²) in [6.45, 7) is 6.55. The number of esters is 3. The largest absolute Gasteiger partial charge is 0.462 e. The van der Waals surface area contributed by atoms with Crippen molar-refractivity contribution in [3.8, 4) is 0 Å². The number of ether oxygens (including phenoxy) is 3. The second-order valence-corrected chi connectivity index (χ2v) is 23.4. The molecule has 0 saturated carbocycles. The van der Waals surface area contributed by atoms with E-state index in [-0.39, 0.29) is 31.1 Å². The lowest BCUT2D eigenvalue weighted by atomic mass is 10.1. The van der Waals surface area contributed by atoms with Crippen molar-refractivity contribution >= 4 is 17.9 Å². The molecule has 0 N–H and O–H groups in total. The van der Waals surface area contributed by atoms with Gasteiger partial charge in [0.2, 0.25) is 0 Å². The predicted molar refractivity (Wildman–Crippen MR) is 357 cm³/mol. The molecule has 82 heavy (non-hydrogen) atoms. The van der Waals surface area contributed by atoms with E-state index in [4.69, 9.17) is 14.2 Å². The van der Waals surface area contributed by atoms with Gasteiger partial charge in [0.25, 0.3) is 0 Å². The lowest BCUT2D eigenvalue weighted by molar-refractivity contribution is -0.167. The highest BCUT2D eigenvalue weighted by atomic mass is 16.6. The first kappa shape index (κ1) is 78.3. The van der Waals surface area contributed by atoms with Crippen molar-refractivity contribution < 1.29 is 28.6 Å². The van der Waals surface area contributed by atoms with Crippen LogP contribution < -0.4 is 0 Å². The molecular formula is C76H132O6. The van der Waals surface area contributed by atoms with Gasteiger partial charge in [-0.15, -0.1) is 0 Å². The predicted octanol–water partition coefficient (Wildman–Crippen LogP) is 24.4. The first-order chi connectivity index (χ1) is 40.5. The molecule has 6 heteroatoms. The maximum Gasteiger partial charge on any atom is 0.306 e. The molecule has 0 radical (unpaired) electrons. The minimum atomic E-state index is -0.786. The highest BCUT2D eigenvalue weighted by molar-refractivity contribution is 5.71. The Hall–Kier alpha value is -3.67. The van der Waals surface area contributed by atoms with Crippen LogP contribution in [-0.2, 0) is 28.6 Å². The number of allylic oxidation sites excluding steroid dienone is 16. The van der Waals surface area contributed by atoms with Crippen LogP contribution in [0.2, 0.25) is 0 Å². The van der Waals surface area contributed by atoms with Crippen LogP contribution in [0.15, 0.2) is 97.2 Å². The van der Waals surface area contributed by atoms with Gasteiger partial charge in [-0.3, -0.25) is 14.4 Å². The molecule has 0 fully saturated rings. The monoisotopic (exact) mass is 1140 g/mol. The Morgan fingerprint density at radius 1 is 0.256 bits per heavy atom. The van der Waals surface area contributed by atoms with Gasteiger partial charge in [0.15, 0.2) is 6.10 Å². The SMILES string of the molecule is CC/C=C\C/C=C\C/C=C\C/C=C\C/C=C\C/C=C\CCCCCCCCCCC(=O)OCC(COC(=O)CCCCCCCCC/C=C\CCCCCCCCC)OC(=O)CCCCCCCCCCC/C=C\CCCCCCCC. The van der Waals surface area contributed by atoms with E-state index in [0.29, 0.717) is 19.3 Å². The number of carbonyl (C=O) groups is 3. The van der Waals surface area contributed by atoms with E-state index in [0.717, 1.165) is 103 Å². The lowest BCUT2D eigenvalue weighted by Crippen LogP contribution is -2.30. The van der Waals surface area contributed by atoms with E-state index in [9.17, 15) is 14.4 Å². The van der Waals surface area contributed by atoms with Crippen molar-refractivity contribution in [2.45, 2.75) is 354 Å². The minimum absolute atomic E-state index is 0.0811. The van der Waals surface area contributed by atoms with Gasteiger partial charge in [-0.1, -0.05) is 304 Å². The summed E-state index contributed by atoms with van der Waals surface area (Å²) < 4.78 is 17.0. The third-order valence-corrected chi connectivity index (χ3v) is 15.3. The summed E-state index contributed by atoms with van der Waals surface area (Å²) in [5.41, 5.74) is 0. The Bertz CT molecular complexity index is 1590. The molecule has 0 aliphatic rings. The number of unbranched alkanes of at least 4 members (excludes halogenated alkanes) is 37. The van der Waals surface area contributed by atoms with Crippen LogP contribution in [0.5, 0.6) is 0 Å². The Labute approximate surface area is 508 Å². The number of hydrogen-bond acceptors (Lipinski definition) is 6. The highest BCUT2D eigenvalue weighted by Gasteiger charge is 2.19. The smallest absolute Gasteiger partial charge is 0.306 e. The summed E-state index contributed by atoms with van der Waals surface area (Å²) in [7, 11) is 0. The maximum atomic E-state index is 13.0. The zero-order valence-electron chi connectivity index (χ0n) is 54.2. The van der Waals surface area contributed by atoms with Gasteiger partial charge >= 0.3 is 17.9 Å². The molecule has 0 spiro atoms. The van der Waals surface area contributed by atoms with Gasteiger partial charge in [0.1, 0.15) is 13.2 Å². The Kier molecular flexibility index (Phi) is 66.7. The van der Waals surface area contributed by atoms with Crippen molar-refractivity contribution in [1.82, 2.24) is 0 Å². The topological polar surface area (TPSA) is 78.9 Å². The van der Waals surface area contributed by atoms with E-state index in [2.05, 4.69) is 118 Å². The molecule has 0 heterocycles. The summed E-state index contributed by atoms with van der Waals surface area (Å²) in [6.07, 6.45) is 94.2. The Balaban J connectivity index is 4.37. The number of hydrogen-bond donors (Lipinski definition) is 0. The normalized spacial score (nSPS) is 12.7. The van der Waals surface area contributed by atoms with Gasteiger partial charge in [-0.25, -0.2) is 0 Å². The molecule has 0 aliphatic carbocycles. The summed E-state index contributed by atoms with van der Waals surface area (Å²) in [5, 5.41) is 0. The number of rotatable bonds is 64. The van der Waals surface area contributed by atoms with E-state index < -0.39 is 6.10 Å². The highest BCUT2D eigenvalue weighted by Crippen LogP contribution is 2.17. The molecule has 0 bridgehead atoms.